The van der Waals surface area contributed by atoms with Crippen LogP contribution in [0.5, 0.6) is 0 Å². The Labute approximate surface area is 53.1 Å². The van der Waals surface area contributed by atoms with Gasteiger partial charge in [-0.3, -0.25) is 0 Å². The number of rotatable bonds is 0. The minimum atomic E-state index is 0. The van der Waals surface area contributed by atoms with Gasteiger partial charge in [-0.25, -0.2) is 0 Å². The molecule has 0 unspecified atom stereocenters. The predicted molar refractivity (Wildman–Crippen MR) is 10.2 cm³/mol. The Morgan fingerprint density at radius 1 is 1.25 bits per heavy atom. The average Bonchev–Trinajstić information content (AvgIpc) is 0.918. The van der Waals surface area contributed by atoms with E-state index >= 15 is 0 Å². The van der Waals surface area contributed by atoms with Crippen molar-refractivity contribution in [3.63, 3.8) is 0 Å². The fraction of sp³-hybridized carbons (Fsp3) is 0. The summed E-state index contributed by atoms with van der Waals surface area (Å²) in [6.07, 6.45) is 0. The molecular weight excluding hydrogens is 182 g/mol. The van der Waals surface area contributed by atoms with Gasteiger partial charge in [0, 0.05) is 35.6 Å². The van der Waals surface area contributed by atoms with Crippen LogP contribution >= 0.6 is 0 Å². The predicted octanol–water partition coefficient (Wildman–Crippen LogP) is -1.49. The molecule has 0 bridgehead atoms. The second-order valence-electron chi connectivity index (χ2n) is 0.115. The first-order valence-electron chi connectivity index (χ1n) is 0.516. The van der Waals surface area contributed by atoms with E-state index in [1.165, 1.54) is 0 Å². The molecule has 0 aromatic heterocycles. The number of hydrogen-bond acceptors (Lipinski definition) is 2. The fourth-order valence-electron chi connectivity index (χ4n) is 0. The van der Waals surface area contributed by atoms with Crippen LogP contribution in [0.1, 0.15) is 0 Å². The van der Waals surface area contributed by atoms with E-state index in [4.69, 9.17) is 10.0 Å². The van der Waals surface area contributed by atoms with Gasteiger partial charge in [-0.1, -0.05) is 0 Å². The molecule has 0 aromatic carbocycles. The second-order valence-corrected chi connectivity index (χ2v) is 0.115. The van der Waals surface area contributed by atoms with Crippen LogP contribution in [0.4, 0.5) is 0 Å². The van der Waals surface area contributed by atoms with Crippen molar-refractivity contribution in [3.8, 4) is 0 Å². The van der Waals surface area contributed by atoms with Crippen LogP contribution in [0.2, 0.25) is 0 Å². The molecule has 0 aliphatic heterocycles. The second kappa shape index (κ2) is 8.89. The van der Waals surface area contributed by atoms with E-state index in [1.807, 2.05) is 0 Å². The third-order valence-electron chi connectivity index (χ3n) is 0. The van der Waals surface area contributed by atoms with E-state index in [0.717, 1.165) is 0 Å². The van der Waals surface area contributed by atoms with Gasteiger partial charge >= 0.3 is 7.69 Å². The van der Waals surface area contributed by atoms with Crippen molar-refractivity contribution in [1.82, 2.24) is 0 Å². The maximum absolute atomic E-state index is 7.00. The Morgan fingerprint density at radius 2 is 1.25 bits per heavy atom. The average molecular weight is 184 g/mol. The Morgan fingerprint density at radius 3 is 1.25 bits per heavy atom. The van der Waals surface area contributed by atoms with Gasteiger partial charge in [0.1, 0.15) is 0 Å². The van der Waals surface area contributed by atoms with Crippen LogP contribution in [0.3, 0.4) is 0 Å². The zero-order valence-corrected chi connectivity index (χ0v) is 5.67. The molecule has 2 N–H and O–H groups in total. The Balaban J connectivity index is 0. The number of hydrogen-bond donors (Lipinski definition) is 2. The Hall–Kier alpha value is 1.18. The molecule has 0 aliphatic rings. The standard InChI is InChI=1S/BH2O2.La/c2-1-3;/h2-3H;. The van der Waals surface area contributed by atoms with Crippen LogP contribution in [-0.4, -0.2) is 17.7 Å². The minimum absolute atomic E-state index is 0. The molecule has 0 fully saturated rings. The first kappa shape index (κ1) is 8.95. The van der Waals surface area contributed by atoms with Crippen molar-refractivity contribution < 1.29 is 45.6 Å². The topological polar surface area (TPSA) is 40.5 Å². The maximum atomic E-state index is 7.00. The molecule has 20 valence electrons. The van der Waals surface area contributed by atoms with Crippen molar-refractivity contribution in [2.45, 2.75) is 0 Å². The summed E-state index contributed by atoms with van der Waals surface area (Å²) in [6.45, 7) is 0. The Kier molecular flexibility index (Phi) is 19.9. The fourth-order valence-corrected chi connectivity index (χ4v) is 0. The summed E-state index contributed by atoms with van der Waals surface area (Å²) >= 11 is 0. The van der Waals surface area contributed by atoms with Gasteiger partial charge in [-0.15, -0.1) is 0 Å². The van der Waals surface area contributed by atoms with E-state index in [1.54, 1.807) is 0 Å². The van der Waals surface area contributed by atoms with Gasteiger partial charge in [0.15, 0.2) is 0 Å². The van der Waals surface area contributed by atoms with Crippen LogP contribution in [0.15, 0.2) is 0 Å². The first-order valence-corrected chi connectivity index (χ1v) is 0.516. The molecule has 4 heavy (non-hydrogen) atoms. The smallest absolute Gasteiger partial charge is 0.429 e. The molecule has 4 heteroatoms. The molecule has 0 saturated heterocycles. The summed E-state index contributed by atoms with van der Waals surface area (Å²) in [5.74, 6) is 0. The molecule has 0 rings (SSSR count). The summed E-state index contributed by atoms with van der Waals surface area (Å²) in [5.41, 5.74) is 0. The molecule has 0 spiro atoms. The molecule has 0 heterocycles. The van der Waals surface area contributed by atoms with Crippen molar-refractivity contribution in [2.24, 2.45) is 0 Å². The Bertz CT molecular complexity index is 6.00. The van der Waals surface area contributed by atoms with Crippen LogP contribution in [0.25, 0.3) is 0 Å². The molecule has 0 aromatic rings. The van der Waals surface area contributed by atoms with Crippen molar-refractivity contribution in [3.05, 3.63) is 0 Å². The summed E-state index contributed by atoms with van der Waals surface area (Å²) in [7, 11) is 0. The van der Waals surface area contributed by atoms with Gasteiger partial charge in [0.05, 0.1) is 0 Å². The van der Waals surface area contributed by atoms with E-state index in [0.29, 0.717) is 0 Å². The van der Waals surface area contributed by atoms with Gasteiger partial charge in [-0.05, 0) is 0 Å². The van der Waals surface area contributed by atoms with E-state index in [2.05, 4.69) is 0 Å². The molecule has 0 atom stereocenters. The normalized spacial score (nSPS) is 3.50. The van der Waals surface area contributed by atoms with E-state index in [-0.39, 0.29) is 43.3 Å². The summed E-state index contributed by atoms with van der Waals surface area (Å²) in [6, 6.07) is 0. The summed E-state index contributed by atoms with van der Waals surface area (Å²) < 4.78 is 0. The van der Waals surface area contributed by atoms with Gasteiger partial charge in [0.25, 0.3) is 0 Å². The molecule has 0 amide bonds. The zero-order valence-electron chi connectivity index (χ0n) is 2.05. The quantitative estimate of drug-likeness (QED) is 0.450. The third-order valence-corrected chi connectivity index (χ3v) is 0. The van der Waals surface area contributed by atoms with Crippen LogP contribution in [0, 0.1) is 35.6 Å². The monoisotopic (exact) mass is 184 g/mol. The van der Waals surface area contributed by atoms with Gasteiger partial charge in [0.2, 0.25) is 0 Å². The molecule has 0 saturated carbocycles. The van der Waals surface area contributed by atoms with Crippen LogP contribution in [-0.2, 0) is 0 Å². The zero-order chi connectivity index (χ0) is 2.71. The van der Waals surface area contributed by atoms with Crippen molar-refractivity contribution in [2.75, 3.05) is 0 Å². The van der Waals surface area contributed by atoms with Crippen molar-refractivity contribution in [1.29, 1.82) is 0 Å². The molecule has 0 aliphatic carbocycles. The SMILES string of the molecule is O[B]O.[La]. The van der Waals surface area contributed by atoms with E-state index < -0.39 is 0 Å². The maximum Gasteiger partial charge on any atom is 0.482 e. The van der Waals surface area contributed by atoms with Crippen molar-refractivity contribution >= 4 is 7.69 Å². The molecule has 2 nitrogen and oxygen atoms in total. The van der Waals surface area contributed by atoms with Gasteiger partial charge < -0.3 is 10.0 Å². The summed E-state index contributed by atoms with van der Waals surface area (Å²) in [5, 5.41) is 14.0. The largest absolute Gasteiger partial charge is 0.482 e. The molecule has 2 radical (unpaired) electrons. The van der Waals surface area contributed by atoms with E-state index in [9.17, 15) is 0 Å². The minimum Gasteiger partial charge on any atom is -0.429 e. The van der Waals surface area contributed by atoms with Gasteiger partial charge in [-0.2, -0.15) is 0 Å². The summed E-state index contributed by atoms with van der Waals surface area (Å²) in [4.78, 5) is 0. The third kappa shape index (κ3) is 10.9. The first-order chi connectivity index (χ1) is 1.41. The van der Waals surface area contributed by atoms with Crippen LogP contribution < -0.4 is 0 Å². The molecular formula is H2BLaO2.